The molecule has 0 N–H and O–H groups in total. The summed E-state index contributed by atoms with van der Waals surface area (Å²) in [6.45, 7) is 7.06. The summed E-state index contributed by atoms with van der Waals surface area (Å²) in [5.74, 6) is -0.212. The maximum atomic E-state index is 11.6. The average Bonchev–Trinajstić information content (AvgIpc) is 2.24. The van der Waals surface area contributed by atoms with Crippen LogP contribution in [-0.4, -0.2) is 17.4 Å². The first-order chi connectivity index (χ1) is 8.29. The zero-order valence-electron chi connectivity index (χ0n) is 11.4. The maximum Gasteiger partial charge on any atom is 0.306 e. The summed E-state index contributed by atoms with van der Waals surface area (Å²) in [5.41, 5.74) is 1.12. The van der Waals surface area contributed by atoms with Crippen molar-refractivity contribution in [3.63, 3.8) is 0 Å². The molecule has 0 radical (unpaired) electrons. The largest absolute Gasteiger partial charge is 0.460 e. The van der Waals surface area contributed by atoms with Crippen LogP contribution in [0.4, 0.5) is 0 Å². The molecule has 1 aromatic rings. The molecule has 0 saturated heterocycles. The number of ether oxygens (including phenoxy) is 1. The second-order valence-corrected chi connectivity index (χ2v) is 5.30. The Morgan fingerprint density at radius 1 is 1.17 bits per heavy atom. The highest BCUT2D eigenvalue weighted by atomic mass is 16.6. The Kier molecular flexibility index (Phi) is 4.65. The van der Waals surface area contributed by atoms with Gasteiger partial charge in [-0.15, -0.1) is 0 Å². The zero-order chi connectivity index (χ0) is 13.8. The summed E-state index contributed by atoms with van der Waals surface area (Å²) in [5, 5.41) is 0. The summed E-state index contributed by atoms with van der Waals surface area (Å²) in [7, 11) is 0. The normalized spacial score (nSPS) is 11.1. The van der Waals surface area contributed by atoms with Crippen LogP contribution in [0.3, 0.4) is 0 Å². The number of rotatable bonds is 4. The molecule has 0 spiro atoms. The Balaban J connectivity index is 2.64. The number of hydrogen-bond donors (Lipinski definition) is 0. The van der Waals surface area contributed by atoms with Gasteiger partial charge in [0.25, 0.3) is 0 Å². The predicted molar refractivity (Wildman–Crippen MR) is 70.6 cm³/mol. The summed E-state index contributed by atoms with van der Waals surface area (Å²) >= 11 is 0. The molecule has 3 heteroatoms. The van der Waals surface area contributed by atoms with E-state index in [9.17, 15) is 9.59 Å². The van der Waals surface area contributed by atoms with Crippen LogP contribution in [0.25, 0.3) is 0 Å². The number of ketones is 1. The molecule has 1 rings (SSSR count). The van der Waals surface area contributed by atoms with E-state index in [4.69, 9.17) is 4.74 Å². The number of carbonyl (C=O) groups is 2. The summed E-state index contributed by atoms with van der Waals surface area (Å²) < 4.78 is 5.24. The Hall–Kier alpha value is -1.64. The Morgan fingerprint density at radius 3 is 2.33 bits per heavy atom. The first kappa shape index (κ1) is 14.4. The molecule has 0 fully saturated rings. The van der Waals surface area contributed by atoms with E-state index in [0.29, 0.717) is 18.4 Å². The van der Waals surface area contributed by atoms with Crippen LogP contribution >= 0.6 is 0 Å². The van der Waals surface area contributed by atoms with E-state index in [1.54, 1.807) is 6.07 Å². The Bertz CT molecular complexity index is 441. The van der Waals surface area contributed by atoms with Crippen LogP contribution in [0.2, 0.25) is 0 Å². The highest BCUT2D eigenvalue weighted by molar-refractivity contribution is 5.95. The van der Waals surface area contributed by atoms with Gasteiger partial charge in [-0.2, -0.15) is 0 Å². The van der Waals surface area contributed by atoms with Crippen molar-refractivity contribution in [1.29, 1.82) is 0 Å². The van der Waals surface area contributed by atoms with E-state index in [0.717, 1.165) is 5.56 Å². The van der Waals surface area contributed by atoms with Gasteiger partial charge in [0.2, 0.25) is 0 Å². The van der Waals surface area contributed by atoms with Crippen molar-refractivity contribution < 1.29 is 14.3 Å². The molecule has 18 heavy (non-hydrogen) atoms. The van der Waals surface area contributed by atoms with Crippen molar-refractivity contribution in [2.75, 3.05) is 0 Å². The fourth-order valence-electron chi connectivity index (χ4n) is 1.71. The average molecular weight is 248 g/mol. The molecule has 0 aromatic heterocycles. The van der Waals surface area contributed by atoms with E-state index in [-0.39, 0.29) is 11.8 Å². The van der Waals surface area contributed by atoms with Crippen LogP contribution < -0.4 is 0 Å². The molecule has 0 amide bonds. The quantitative estimate of drug-likeness (QED) is 0.607. The third-order valence-corrected chi connectivity index (χ3v) is 2.42. The summed E-state index contributed by atoms with van der Waals surface area (Å²) in [6.07, 6.45) is 0.826. The van der Waals surface area contributed by atoms with E-state index in [2.05, 4.69) is 0 Å². The molecule has 0 heterocycles. The predicted octanol–water partition coefficient (Wildman–Crippen LogP) is 3.16. The third kappa shape index (κ3) is 4.70. The van der Waals surface area contributed by atoms with Crippen LogP contribution in [0, 0.1) is 0 Å². The van der Waals surface area contributed by atoms with Crippen LogP contribution in [0.1, 0.15) is 50.0 Å². The SMILES string of the molecule is CC(=O)c1ccccc1CCC(=O)OC(C)(C)C. The van der Waals surface area contributed by atoms with Gasteiger partial charge in [-0.05, 0) is 39.7 Å². The van der Waals surface area contributed by atoms with Gasteiger partial charge in [0.05, 0.1) is 0 Å². The van der Waals surface area contributed by atoms with Crippen molar-refractivity contribution >= 4 is 11.8 Å². The van der Waals surface area contributed by atoms with Gasteiger partial charge in [-0.3, -0.25) is 9.59 Å². The lowest BCUT2D eigenvalue weighted by Crippen LogP contribution is -2.24. The van der Waals surface area contributed by atoms with Gasteiger partial charge in [0.15, 0.2) is 5.78 Å². The fourth-order valence-corrected chi connectivity index (χ4v) is 1.71. The smallest absolute Gasteiger partial charge is 0.306 e. The molecular weight excluding hydrogens is 228 g/mol. The van der Waals surface area contributed by atoms with E-state index in [1.165, 1.54) is 6.92 Å². The molecule has 0 bridgehead atoms. The number of hydrogen-bond acceptors (Lipinski definition) is 3. The third-order valence-electron chi connectivity index (χ3n) is 2.42. The molecule has 0 unspecified atom stereocenters. The molecule has 0 aliphatic carbocycles. The minimum absolute atomic E-state index is 0.0230. The Labute approximate surface area is 108 Å². The van der Waals surface area contributed by atoms with Crippen LogP contribution in [0.15, 0.2) is 24.3 Å². The minimum atomic E-state index is -0.461. The van der Waals surface area contributed by atoms with Crippen LogP contribution in [0.5, 0.6) is 0 Å². The van der Waals surface area contributed by atoms with Gasteiger partial charge < -0.3 is 4.74 Å². The number of aryl methyl sites for hydroxylation is 1. The van der Waals surface area contributed by atoms with Crippen molar-refractivity contribution in [2.24, 2.45) is 0 Å². The minimum Gasteiger partial charge on any atom is -0.460 e. The number of benzene rings is 1. The highest BCUT2D eigenvalue weighted by Gasteiger charge is 2.16. The van der Waals surface area contributed by atoms with Gasteiger partial charge >= 0.3 is 5.97 Å². The lowest BCUT2D eigenvalue weighted by molar-refractivity contribution is -0.154. The first-order valence-electron chi connectivity index (χ1n) is 6.10. The van der Waals surface area contributed by atoms with E-state index in [1.807, 2.05) is 39.0 Å². The van der Waals surface area contributed by atoms with Gasteiger partial charge in [-0.25, -0.2) is 0 Å². The molecule has 0 aliphatic rings. The van der Waals surface area contributed by atoms with Crippen LogP contribution in [-0.2, 0) is 16.0 Å². The standard InChI is InChI=1S/C15H20O3/c1-11(16)13-8-6-5-7-12(13)9-10-14(17)18-15(2,3)4/h5-8H,9-10H2,1-4H3. The number of Topliss-reactive ketones (excluding diaryl/α,β-unsaturated/α-hetero) is 1. The second-order valence-electron chi connectivity index (χ2n) is 5.30. The topological polar surface area (TPSA) is 43.4 Å². The molecule has 3 nitrogen and oxygen atoms in total. The number of carbonyl (C=O) groups excluding carboxylic acids is 2. The fraction of sp³-hybridized carbons (Fsp3) is 0.467. The summed E-state index contributed by atoms with van der Waals surface area (Å²) in [6, 6.07) is 7.36. The monoisotopic (exact) mass is 248 g/mol. The Morgan fingerprint density at radius 2 is 1.78 bits per heavy atom. The van der Waals surface area contributed by atoms with Gasteiger partial charge in [0, 0.05) is 12.0 Å². The van der Waals surface area contributed by atoms with Gasteiger partial charge in [0.1, 0.15) is 5.60 Å². The second kappa shape index (κ2) is 5.80. The molecule has 1 aromatic carbocycles. The molecular formula is C15H20O3. The molecule has 0 aliphatic heterocycles. The van der Waals surface area contributed by atoms with E-state index < -0.39 is 5.60 Å². The zero-order valence-corrected chi connectivity index (χ0v) is 11.4. The lowest BCUT2D eigenvalue weighted by atomic mass is 10.0. The molecule has 0 saturated carbocycles. The van der Waals surface area contributed by atoms with Crippen molar-refractivity contribution in [1.82, 2.24) is 0 Å². The molecule has 98 valence electrons. The van der Waals surface area contributed by atoms with Crippen molar-refractivity contribution in [3.8, 4) is 0 Å². The van der Waals surface area contributed by atoms with E-state index >= 15 is 0 Å². The first-order valence-corrected chi connectivity index (χ1v) is 6.10. The molecule has 0 atom stereocenters. The number of esters is 1. The van der Waals surface area contributed by atoms with Crippen molar-refractivity contribution in [3.05, 3.63) is 35.4 Å². The van der Waals surface area contributed by atoms with Gasteiger partial charge in [-0.1, -0.05) is 24.3 Å². The lowest BCUT2D eigenvalue weighted by Gasteiger charge is -2.19. The highest BCUT2D eigenvalue weighted by Crippen LogP contribution is 2.14. The summed E-state index contributed by atoms with van der Waals surface area (Å²) in [4.78, 5) is 23.0. The maximum absolute atomic E-state index is 11.6. The van der Waals surface area contributed by atoms with Crippen molar-refractivity contribution in [2.45, 2.75) is 46.1 Å².